The minimum absolute atomic E-state index is 0.201. The first-order valence-electron chi connectivity index (χ1n) is 7.57. The number of aromatic amines is 1. The maximum atomic E-state index is 12.1. The summed E-state index contributed by atoms with van der Waals surface area (Å²) >= 11 is 0. The average molecular weight is 333 g/mol. The van der Waals surface area contributed by atoms with Gasteiger partial charge in [0.05, 0.1) is 6.54 Å². The maximum absolute atomic E-state index is 12.1. The number of hydrogen-bond donors (Lipinski definition) is 4. The molecule has 0 bridgehead atoms. The van der Waals surface area contributed by atoms with Crippen LogP contribution in [0.1, 0.15) is 26.4 Å². The molecule has 1 heterocycles. The van der Waals surface area contributed by atoms with Crippen molar-refractivity contribution in [2.45, 2.75) is 0 Å². The Morgan fingerprint density at radius 3 is 2.52 bits per heavy atom. The van der Waals surface area contributed by atoms with E-state index >= 15 is 0 Å². The lowest BCUT2D eigenvalue weighted by Crippen LogP contribution is -2.23. The van der Waals surface area contributed by atoms with Gasteiger partial charge in [-0.1, -0.05) is 30.0 Å². The SMILES string of the molecule is O=C(NO)c1ccc(C#CCNC(=O)c2cc3ccccc3[nH]2)cc1. The highest BCUT2D eigenvalue weighted by atomic mass is 16.5. The lowest BCUT2D eigenvalue weighted by molar-refractivity contribution is 0.0706. The molecule has 3 rings (SSSR count). The zero-order chi connectivity index (χ0) is 17.6. The summed E-state index contributed by atoms with van der Waals surface area (Å²) in [5.41, 5.74) is 4.00. The number of carbonyl (C=O) groups is 2. The molecule has 6 nitrogen and oxygen atoms in total. The number of hydroxylamine groups is 1. The summed E-state index contributed by atoms with van der Waals surface area (Å²) < 4.78 is 0. The highest BCUT2D eigenvalue weighted by Gasteiger charge is 2.07. The van der Waals surface area contributed by atoms with Gasteiger partial charge in [0.15, 0.2) is 0 Å². The fraction of sp³-hybridized carbons (Fsp3) is 0.0526. The molecule has 0 radical (unpaired) electrons. The first-order valence-corrected chi connectivity index (χ1v) is 7.57. The molecule has 0 aliphatic carbocycles. The van der Waals surface area contributed by atoms with Crippen LogP contribution in [0.3, 0.4) is 0 Å². The summed E-state index contributed by atoms with van der Waals surface area (Å²) in [6.07, 6.45) is 0. The smallest absolute Gasteiger partial charge is 0.274 e. The average Bonchev–Trinajstić information content (AvgIpc) is 3.09. The molecule has 4 N–H and O–H groups in total. The van der Waals surface area contributed by atoms with Crippen molar-refractivity contribution in [1.82, 2.24) is 15.8 Å². The van der Waals surface area contributed by atoms with Crippen LogP contribution in [0, 0.1) is 11.8 Å². The topological polar surface area (TPSA) is 94.2 Å². The molecule has 2 aromatic carbocycles. The Bertz CT molecular complexity index is 945. The van der Waals surface area contributed by atoms with Crippen molar-refractivity contribution in [3.05, 3.63) is 71.4 Å². The highest BCUT2D eigenvalue weighted by molar-refractivity contribution is 5.98. The molecule has 0 saturated carbocycles. The van der Waals surface area contributed by atoms with Crippen molar-refractivity contribution in [3.8, 4) is 11.8 Å². The molecule has 0 unspecified atom stereocenters. The van der Waals surface area contributed by atoms with Crippen molar-refractivity contribution in [2.75, 3.05) is 6.54 Å². The molecule has 3 aromatic rings. The number of para-hydroxylation sites is 1. The van der Waals surface area contributed by atoms with Crippen LogP contribution >= 0.6 is 0 Å². The summed E-state index contributed by atoms with van der Waals surface area (Å²) in [4.78, 5) is 26.4. The van der Waals surface area contributed by atoms with Gasteiger partial charge in [0.1, 0.15) is 5.69 Å². The van der Waals surface area contributed by atoms with Gasteiger partial charge >= 0.3 is 0 Å². The van der Waals surface area contributed by atoms with Gasteiger partial charge in [-0.2, -0.15) is 0 Å². The van der Waals surface area contributed by atoms with Crippen molar-refractivity contribution < 1.29 is 14.8 Å². The van der Waals surface area contributed by atoms with E-state index in [-0.39, 0.29) is 12.5 Å². The molecule has 0 aliphatic rings. The monoisotopic (exact) mass is 333 g/mol. The quantitative estimate of drug-likeness (QED) is 0.336. The summed E-state index contributed by atoms with van der Waals surface area (Å²) in [6, 6.07) is 15.9. The molecule has 2 amide bonds. The molecular formula is C19H15N3O3. The number of H-pyrrole nitrogens is 1. The van der Waals surface area contributed by atoms with E-state index in [1.807, 2.05) is 24.3 Å². The standard InChI is InChI=1S/C19H15N3O3/c23-18(22-25)14-9-7-13(8-10-14)4-3-11-20-19(24)17-12-15-5-1-2-6-16(15)21-17/h1-2,5-10,12,21,25H,11H2,(H,20,24)(H,22,23). The van der Waals surface area contributed by atoms with E-state index in [0.29, 0.717) is 16.8 Å². The second-order valence-corrected chi connectivity index (χ2v) is 5.27. The Morgan fingerprint density at radius 2 is 1.80 bits per heavy atom. The van der Waals surface area contributed by atoms with Gasteiger partial charge in [0.2, 0.25) is 0 Å². The predicted molar refractivity (Wildman–Crippen MR) is 93.2 cm³/mol. The third-order valence-electron chi connectivity index (χ3n) is 3.59. The molecule has 25 heavy (non-hydrogen) atoms. The van der Waals surface area contributed by atoms with Crippen LogP contribution in [0.15, 0.2) is 54.6 Å². The molecule has 0 aliphatic heterocycles. The number of benzene rings is 2. The third kappa shape index (κ3) is 3.86. The Hall–Kier alpha value is -3.56. The lowest BCUT2D eigenvalue weighted by Gasteiger charge is -1.98. The van der Waals surface area contributed by atoms with Gasteiger partial charge in [-0.3, -0.25) is 14.8 Å². The van der Waals surface area contributed by atoms with Gasteiger partial charge in [-0.25, -0.2) is 5.48 Å². The van der Waals surface area contributed by atoms with E-state index in [1.54, 1.807) is 35.8 Å². The van der Waals surface area contributed by atoms with Gasteiger partial charge in [-0.15, -0.1) is 0 Å². The van der Waals surface area contributed by atoms with Crippen molar-refractivity contribution in [1.29, 1.82) is 0 Å². The molecular weight excluding hydrogens is 318 g/mol. The number of hydrogen-bond acceptors (Lipinski definition) is 3. The molecule has 124 valence electrons. The van der Waals surface area contributed by atoms with Gasteiger partial charge in [0.25, 0.3) is 11.8 Å². The van der Waals surface area contributed by atoms with Crippen molar-refractivity contribution >= 4 is 22.7 Å². The normalized spacial score (nSPS) is 9.96. The van der Waals surface area contributed by atoms with Gasteiger partial charge in [-0.05, 0) is 36.4 Å². The zero-order valence-electron chi connectivity index (χ0n) is 13.2. The van der Waals surface area contributed by atoms with Crippen LogP contribution in [-0.4, -0.2) is 28.6 Å². The number of carbonyl (C=O) groups excluding carboxylic acids is 2. The van der Waals surface area contributed by atoms with Crippen LogP contribution < -0.4 is 10.8 Å². The number of nitrogens with one attached hydrogen (secondary N) is 3. The van der Waals surface area contributed by atoms with Crippen LogP contribution in [0.25, 0.3) is 10.9 Å². The number of rotatable bonds is 3. The second kappa shape index (κ2) is 7.34. The third-order valence-corrected chi connectivity index (χ3v) is 3.59. The Morgan fingerprint density at radius 1 is 1.04 bits per heavy atom. The highest BCUT2D eigenvalue weighted by Crippen LogP contribution is 2.14. The lowest BCUT2D eigenvalue weighted by atomic mass is 10.1. The summed E-state index contributed by atoms with van der Waals surface area (Å²) in [5.74, 6) is 4.95. The van der Waals surface area contributed by atoms with Crippen molar-refractivity contribution in [2.24, 2.45) is 0 Å². The first kappa shape index (κ1) is 16.3. The minimum atomic E-state index is -0.579. The van der Waals surface area contributed by atoms with Gasteiger partial charge < -0.3 is 10.3 Å². The number of amides is 2. The van der Waals surface area contributed by atoms with Crippen LogP contribution in [0.4, 0.5) is 0 Å². The van der Waals surface area contributed by atoms with E-state index in [0.717, 1.165) is 10.9 Å². The Labute approximate surface area is 143 Å². The molecule has 0 saturated heterocycles. The summed E-state index contributed by atoms with van der Waals surface area (Å²) in [6.45, 7) is 0.201. The largest absolute Gasteiger partial charge is 0.351 e. The fourth-order valence-corrected chi connectivity index (χ4v) is 2.33. The van der Waals surface area contributed by atoms with E-state index in [4.69, 9.17) is 5.21 Å². The maximum Gasteiger partial charge on any atom is 0.274 e. The van der Waals surface area contributed by atoms with E-state index in [2.05, 4.69) is 22.1 Å². The summed E-state index contributed by atoms with van der Waals surface area (Å²) in [5, 5.41) is 12.3. The number of fused-ring (bicyclic) bond motifs is 1. The second-order valence-electron chi connectivity index (χ2n) is 5.27. The minimum Gasteiger partial charge on any atom is -0.351 e. The molecule has 0 spiro atoms. The molecule has 1 aromatic heterocycles. The van der Waals surface area contributed by atoms with Gasteiger partial charge in [0, 0.05) is 22.0 Å². The van der Waals surface area contributed by atoms with E-state index < -0.39 is 5.91 Å². The molecule has 0 atom stereocenters. The fourth-order valence-electron chi connectivity index (χ4n) is 2.33. The van der Waals surface area contributed by atoms with E-state index in [1.165, 1.54) is 0 Å². The predicted octanol–water partition coefficient (Wildman–Crippen LogP) is 2.07. The Kier molecular flexibility index (Phi) is 4.79. The van der Waals surface area contributed by atoms with E-state index in [9.17, 15) is 9.59 Å². The molecule has 0 fully saturated rings. The van der Waals surface area contributed by atoms with Crippen LogP contribution in [0.2, 0.25) is 0 Å². The number of aromatic nitrogens is 1. The van der Waals surface area contributed by atoms with Crippen LogP contribution in [-0.2, 0) is 0 Å². The molecule has 6 heteroatoms. The van der Waals surface area contributed by atoms with Crippen molar-refractivity contribution in [3.63, 3.8) is 0 Å². The van der Waals surface area contributed by atoms with Crippen LogP contribution in [0.5, 0.6) is 0 Å². The first-order chi connectivity index (χ1) is 12.2. The zero-order valence-corrected chi connectivity index (χ0v) is 13.2. The summed E-state index contributed by atoms with van der Waals surface area (Å²) in [7, 11) is 0. The Balaban J connectivity index is 1.58.